The first-order chi connectivity index (χ1) is 8.70. The average molecular weight is 252 g/mol. The van der Waals surface area contributed by atoms with Crippen molar-refractivity contribution in [3.05, 3.63) is 24.3 Å². The predicted octanol–water partition coefficient (Wildman–Crippen LogP) is 4.80. The monoisotopic (exact) mass is 252 g/mol. The Balaban J connectivity index is 3.49. The van der Waals surface area contributed by atoms with Gasteiger partial charge in [-0.3, -0.25) is 4.79 Å². The Morgan fingerprint density at radius 3 is 2.56 bits per heavy atom. The summed E-state index contributed by atoms with van der Waals surface area (Å²) in [6.07, 6.45) is 12.2. The van der Waals surface area contributed by atoms with Crippen molar-refractivity contribution in [2.24, 2.45) is 0 Å². The van der Waals surface area contributed by atoms with Crippen LogP contribution in [0.15, 0.2) is 24.3 Å². The number of rotatable bonds is 11. The van der Waals surface area contributed by atoms with E-state index in [0.717, 1.165) is 25.7 Å². The molecule has 0 N–H and O–H groups in total. The Labute approximate surface area is 112 Å². The van der Waals surface area contributed by atoms with Gasteiger partial charge in [-0.1, -0.05) is 44.3 Å². The van der Waals surface area contributed by atoms with E-state index < -0.39 is 0 Å². The third-order valence-corrected chi connectivity index (χ3v) is 2.90. The van der Waals surface area contributed by atoms with Gasteiger partial charge in [-0.05, 0) is 32.3 Å². The molecule has 0 spiro atoms. The van der Waals surface area contributed by atoms with E-state index in [9.17, 15) is 4.79 Å². The Morgan fingerprint density at radius 1 is 1.17 bits per heavy atom. The maximum absolute atomic E-state index is 11.4. The van der Waals surface area contributed by atoms with Crippen LogP contribution in [0.1, 0.15) is 65.2 Å². The molecule has 0 saturated heterocycles. The summed E-state index contributed by atoms with van der Waals surface area (Å²) in [6, 6.07) is 0. The lowest BCUT2D eigenvalue weighted by atomic mass is 10.1. The van der Waals surface area contributed by atoms with Gasteiger partial charge in [0.1, 0.15) is 6.61 Å². The van der Waals surface area contributed by atoms with E-state index in [2.05, 4.69) is 20.4 Å². The Hall–Kier alpha value is -1.05. The SMILES string of the molecule is C=CCC/C(C)=C/COC(=O)CCCCCCC. The van der Waals surface area contributed by atoms with E-state index in [1.165, 1.54) is 24.8 Å². The minimum absolute atomic E-state index is 0.0701. The number of ether oxygens (including phenoxy) is 1. The molecule has 0 radical (unpaired) electrons. The van der Waals surface area contributed by atoms with Crippen molar-refractivity contribution in [1.29, 1.82) is 0 Å². The zero-order valence-corrected chi connectivity index (χ0v) is 12.0. The van der Waals surface area contributed by atoms with Crippen molar-refractivity contribution in [2.75, 3.05) is 6.61 Å². The molecule has 0 aliphatic carbocycles. The highest BCUT2D eigenvalue weighted by molar-refractivity contribution is 5.69. The zero-order chi connectivity index (χ0) is 13.6. The fourth-order valence-corrected chi connectivity index (χ4v) is 1.65. The molecule has 0 atom stereocenters. The third kappa shape index (κ3) is 11.4. The van der Waals surface area contributed by atoms with Gasteiger partial charge in [-0.2, -0.15) is 0 Å². The van der Waals surface area contributed by atoms with Gasteiger partial charge in [-0.15, -0.1) is 6.58 Å². The summed E-state index contributed by atoms with van der Waals surface area (Å²) in [5.74, 6) is -0.0701. The largest absolute Gasteiger partial charge is 0.461 e. The highest BCUT2D eigenvalue weighted by atomic mass is 16.5. The van der Waals surface area contributed by atoms with Crippen LogP contribution in [0.5, 0.6) is 0 Å². The van der Waals surface area contributed by atoms with Crippen molar-refractivity contribution in [3.8, 4) is 0 Å². The maximum atomic E-state index is 11.4. The van der Waals surface area contributed by atoms with Crippen LogP contribution < -0.4 is 0 Å². The second kappa shape index (κ2) is 12.4. The minimum Gasteiger partial charge on any atom is -0.461 e. The lowest BCUT2D eigenvalue weighted by Crippen LogP contribution is -2.04. The van der Waals surface area contributed by atoms with E-state index in [1.807, 2.05) is 12.2 Å². The van der Waals surface area contributed by atoms with Crippen LogP contribution in [-0.4, -0.2) is 12.6 Å². The molecule has 0 aromatic heterocycles. The van der Waals surface area contributed by atoms with Crippen molar-refractivity contribution in [3.63, 3.8) is 0 Å². The van der Waals surface area contributed by atoms with Crippen LogP contribution in [-0.2, 0) is 9.53 Å². The molecule has 2 heteroatoms. The molecular weight excluding hydrogens is 224 g/mol. The fraction of sp³-hybridized carbons (Fsp3) is 0.688. The number of hydrogen-bond acceptors (Lipinski definition) is 2. The van der Waals surface area contributed by atoms with Crippen molar-refractivity contribution in [1.82, 2.24) is 0 Å². The van der Waals surface area contributed by atoms with E-state index >= 15 is 0 Å². The van der Waals surface area contributed by atoms with Gasteiger partial charge in [0.15, 0.2) is 0 Å². The number of unbranched alkanes of at least 4 members (excludes halogenated alkanes) is 4. The van der Waals surface area contributed by atoms with Gasteiger partial charge in [0, 0.05) is 6.42 Å². The topological polar surface area (TPSA) is 26.3 Å². The molecule has 0 aromatic rings. The van der Waals surface area contributed by atoms with Crippen LogP contribution in [0.4, 0.5) is 0 Å². The summed E-state index contributed by atoms with van der Waals surface area (Å²) < 4.78 is 5.16. The van der Waals surface area contributed by atoms with Crippen molar-refractivity contribution < 1.29 is 9.53 Å². The molecule has 0 saturated carbocycles. The first kappa shape index (κ1) is 16.9. The molecule has 0 heterocycles. The molecule has 0 aromatic carbocycles. The molecule has 0 fully saturated rings. The standard InChI is InChI=1S/C16H28O2/c1-4-6-8-9-10-12-16(17)18-14-13-15(3)11-7-5-2/h5,13H,2,4,6-12,14H2,1,3H3/b15-13+. The van der Waals surface area contributed by atoms with Gasteiger partial charge in [0.2, 0.25) is 0 Å². The summed E-state index contributed by atoms with van der Waals surface area (Å²) >= 11 is 0. The first-order valence-electron chi connectivity index (χ1n) is 7.12. The summed E-state index contributed by atoms with van der Waals surface area (Å²) in [5.41, 5.74) is 1.26. The van der Waals surface area contributed by atoms with Crippen LogP contribution >= 0.6 is 0 Å². The zero-order valence-electron chi connectivity index (χ0n) is 12.0. The molecule has 0 bridgehead atoms. The third-order valence-electron chi connectivity index (χ3n) is 2.90. The minimum atomic E-state index is -0.0701. The van der Waals surface area contributed by atoms with Crippen molar-refractivity contribution >= 4 is 5.97 Å². The number of esters is 1. The molecule has 0 unspecified atom stereocenters. The van der Waals surface area contributed by atoms with E-state index in [0.29, 0.717) is 13.0 Å². The Morgan fingerprint density at radius 2 is 1.89 bits per heavy atom. The average Bonchev–Trinajstić information content (AvgIpc) is 2.36. The molecule has 0 aliphatic heterocycles. The van der Waals surface area contributed by atoms with Gasteiger partial charge in [0.05, 0.1) is 0 Å². The molecular formula is C16H28O2. The summed E-state index contributed by atoms with van der Waals surface area (Å²) in [6.45, 7) is 8.34. The molecule has 0 rings (SSSR count). The van der Waals surface area contributed by atoms with Gasteiger partial charge in [0.25, 0.3) is 0 Å². The van der Waals surface area contributed by atoms with Gasteiger partial charge >= 0.3 is 5.97 Å². The Bertz CT molecular complexity index is 254. The molecule has 2 nitrogen and oxygen atoms in total. The summed E-state index contributed by atoms with van der Waals surface area (Å²) in [7, 11) is 0. The smallest absolute Gasteiger partial charge is 0.306 e. The first-order valence-corrected chi connectivity index (χ1v) is 7.12. The number of carbonyl (C=O) groups excluding carboxylic acids is 1. The highest BCUT2D eigenvalue weighted by Crippen LogP contribution is 2.07. The van der Waals surface area contributed by atoms with E-state index in [-0.39, 0.29) is 5.97 Å². The van der Waals surface area contributed by atoms with Crippen LogP contribution in [0.2, 0.25) is 0 Å². The summed E-state index contributed by atoms with van der Waals surface area (Å²) in [5, 5.41) is 0. The van der Waals surface area contributed by atoms with E-state index in [4.69, 9.17) is 4.74 Å². The number of allylic oxidation sites excluding steroid dienone is 2. The second-order valence-electron chi connectivity index (χ2n) is 4.73. The molecule has 18 heavy (non-hydrogen) atoms. The maximum Gasteiger partial charge on any atom is 0.306 e. The van der Waals surface area contributed by atoms with Gasteiger partial charge in [-0.25, -0.2) is 0 Å². The van der Waals surface area contributed by atoms with Crippen LogP contribution in [0.3, 0.4) is 0 Å². The van der Waals surface area contributed by atoms with Crippen LogP contribution in [0.25, 0.3) is 0 Å². The van der Waals surface area contributed by atoms with E-state index in [1.54, 1.807) is 0 Å². The molecule has 0 amide bonds. The predicted molar refractivity (Wildman–Crippen MR) is 77.5 cm³/mol. The summed E-state index contributed by atoms with van der Waals surface area (Å²) in [4.78, 5) is 11.4. The number of carbonyl (C=O) groups is 1. The van der Waals surface area contributed by atoms with Crippen molar-refractivity contribution in [2.45, 2.75) is 65.2 Å². The molecule has 0 aliphatic rings. The lowest BCUT2D eigenvalue weighted by molar-refractivity contribution is -0.142. The fourth-order valence-electron chi connectivity index (χ4n) is 1.65. The Kier molecular flexibility index (Phi) is 11.7. The lowest BCUT2D eigenvalue weighted by Gasteiger charge is -2.03. The second-order valence-corrected chi connectivity index (χ2v) is 4.73. The van der Waals surface area contributed by atoms with Gasteiger partial charge < -0.3 is 4.74 Å². The normalized spacial score (nSPS) is 11.3. The molecule has 104 valence electrons. The number of hydrogen-bond donors (Lipinski definition) is 0. The quantitative estimate of drug-likeness (QED) is 0.300. The highest BCUT2D eigenvalue weighted by Gasteiger charge is 2.01. The van der Waals surface area contributed by atoms with Crippen LogP contribution in [0, 0.1) is 0 Å².